The highest BCUT2D eigenvalue weighted by Crippen LogP contribution is 2.43. The van der Waals surface area contributed by atoms with Crippen molar-refractivity contribution in [1.29, 1.82) is 0 Å². The smallest absolute Gasteiger partial charge is 0.337 e. The van der Waals surface area contributed by atoms with Crippen molar-refractivity contribution in [2.75, 3.05) is 12.0 Å². The van der Waals surface area contributed by atoms with Crippen molar-refractivity contribution < 1.29 is 18.7 Å². The maximum absolute atomic E-state index is 13.7. The molecule has 1 atom stereocenters. The third kappa shape index (κ3) is 2.96. The molecule has 2 aromatic heterocycles. The van der Waals surface area contributed by atoms with Crippen LogP contribution in [-0.2, 0) is 4.74 Å². The molecular weight excluding hydrogens is 452 g/mol. The first-order chi connectivity index (χ1) is 16.6. The second-order valence-corrected chi connectivity index (χ2v) is 8.83. The number of thiazole rings is 1. The lowest BCUT2D eigenvalue weighted by atomic mass is 9.98. The van der Waals surface area contributed by atoms with Crippen molar-refractivity contribution in [3.8, 4) is 0 Å². The predicted molar refractivity (Wildman–Crippen MR) is 129 cm³/mol. The van der Waals surface area contributed by atoms with Gasteiger partial charge in [-0.1, -0.05) is 47.7 Å². The first-order valence-electron chi connectivity index (χ1n) is 10.5. The summed E-state index contributed by atoms with van der Waals surface area (Å²) in [5, 5.41) is 0.861. The number of para-hydroxylation sites is 2. The summed E-state index contributed by atoms with van der Waals surface area (Å²) in [7, 11) is 1.31. The largest absolute Gasteiger partial charge is 0.465 e. The Kier molecular flexibility index (Phi) is 4.56. The van der Waals surface area contributed by atoms with Gasteiger partial charge in [0.25, 0.3) is 5.91 Å². The molecule has 0 aliphatic carbocycles. The minimum Gasteiger partial charge on any atom is -0.465 e. The number of ether oxygens (including phenoxy) is 1. The first kappa shape index (κ1) is 20.3. The van der Waals surface area contributed by atoms with Crippen LogP contribution in [0.3, 0.4) is 0 Å². The number of nitrogens with zero attached hydrogens (tertiary/aromatic N) is 2. The lowest BCUT2D eigenvalue weighted by Gasteiger charge is -2.22. The van der Waals surface area contributed by atoms with Crippen molar-refractivity contribution in [3.63, 3.8) is 0 Å². The topological polar surface area (TPSA) is 89.7 Å². The number of rotatable bonds is 3. The Labute approximate surface area is 196 Å². The molecule has 1 aliphatic rings. The van der Waals surface area contributed by atoms with Crippen LogP contribution in [-0.4, -0.2) is 24.0 Å². The van der Waals surface area contributed by atoms with Crippen LogP contribution in [0.2, 0.25) is 0 Å². The molecule has 5 aromatic rings. The Balaban J connectivity index is 1.60. The number of hydrogen-bond donors (Lipinski definition) is 0. The van der Waals surface area contributed by atoms with E-state index in [1.807, 2.05) is 24.3 Å². The molecule has 166 valence electrons. The molecule has 0 N–H and O–H groups in total. The zero-order chi connectivity index (χ0) is 23.4. The highest BCUT2D eigenvalue weighted by Gasteiger charge is 2.45. The quantitative estimate of drug-likeness (QED) is 0.349. The molecule has 0 bridgehead atoms. The molecular formula is C26H16N2O5S. The van der Waals surface area contributed by atoms with Crippen molar-refractivity contribution in [1.82, 2.24) is 4.98 Å². The molecule has 6 rings (SSSR count). The van der Waals surface area contributed by atoms with Gasteiger partial charge in [-0.15, -0.1) is 0 Å². The summed E-state index contributed by atoms with van der Waals surface area (Å²) in [6, 6.07) is 20.4. The number of amides is 1. The Hall–Kier alpha value is -4.30. The Bertz CT molecular complexity index is 1640. The van der Waals surface area contributed by atoms with Gasteiger partial charge in [-0.25, -0.2) is 9.78 Å². The van der Waals surface area contributed by atoms with Gasteiger partial charge in [-0.3, -0.25) is 14.5 Å². The zero-order valence-electron chi connectivity index (χ0n) is 17.8. The second kappa shape index (κ2) is 7.64. The molecule has 7 nitrogen and oxygen atoms in total. The molecule has 34 heavy (non-hydrogen) atoms. The van der Waals surface area contributed by atoms with Gasteiger partial charge in [0.15, 0.2) is 10.6 Å². The molecule has 8 heteroatoms. The highest BCUT2D eigenvalue weighted by atomic mass is 32.1. The van der Waals surface area contributed by atoms with Crippen LogP contribution in [0.4, 0.5) is 5.13 Å². The van der Waals surface area contributed by atoms with Gasteiger partial charge < -0.3 is 9.15 Å². The molecule has 0 radical (unpaired) electrons. The summed E-state index contributed by atoms with van der Waals surface area (Å²) in [5.74, 6) is -0.896. The van der Waals surface area contributed by atoms with Gasteiger partial charge in [0.2, 0.25) is 5.76 Å². The molecule has 0 saturated carbocycles. The molecule has 0 fully saturated rings. The number of fused-ring (bicyclic) bond motifs is 3. The number of hydrogen-bond acceptors (Lipinski definition) is 7. The molecule has 0 unspecified atom stereocenters. The zero-order valence-corrected chi connectivity index (χ0v) is 18.7. The van der Waals surface area contributed by atoms with Crippen molar-refractivity contribution in [2.24, 2.45) is 0 Å². The fraction of sp³-hybridized carbons (Fsp3) is 0.0769. The van der Waals surface area contributed by atoms with Gasteiger partial charge in [-0.05, 0) is 42.0 Å². The minimum atomic E-state index is -0.754. The third-order valence-corrected chi connectivity index (χ3v) is 6.95. The van der Waals surface area contributed by atoms with Gasteiger partial charge in [0.1, 0.15) is 5.58 Å². The molecule has 0 saturated heterocycles. The van der Waals surface area contributed by atoms with E-state index in [0.717, 1.165) is 10.2 Å². The van der Waals surface area contributed by atoms with Gasteiger partial charge in [0.05, 0.1) is 39.9 Å². The Morgan fingerprint density at radius 1 is 1.00 bits per heavy atom. The van der Waals surface area contributed by atoms with E-state index in [9.17, 15) is 14.4 Å². The van der Waals surface area contributed by atoms with Crippen LogP contribution in [0.25, 0.3) is 21.2 Å². The standard InChI is InChI=1S/C26H16N2O5S/c1-32-25(31)15-12-10-14(11-13-15)21-20-22(29)16-6-2-4-8-18(16)33-23(20)24(30)28(21)26-27-17-7-3-5-9-19(17)34-26/h2-13,21H,1H3/t21-/m0/s1. The lowest BCUT2D eigenvalue weighted by Crippen LogP contribution is -2.29. The van der Waals surface area contributed by atoms with E-state index in [0.29, 0.717) is 27.2 Å². The SMILES string of the molecule is COC(=O)c1ccc([C@H]2c3c(oc4ccccc4c3=O)C(=O)N2c2nc3ccccc3s2)cc1. The number of carbonyl (C=O) groups excluding carboxylic acids is 2. The van der Waals surface area contributed by atoms with E-state index in [1.54, 1.807) is 48.5 Å². The number of anilines is 1. The van der Waals surface area contributed by atoms with E-state index >= 15 is 0 Å². The van der Waals surface area contributed by atoms with Crippen LogP contribution in [0.1, 0.15) is 38.1 Å². The molecule has 1 amide bonds. The number of carbonyl (C=O) groups is 2. The third-order valence-electron chi connectivity index (χ3n) is 5.91. The monoisotopic (exact) mass is 468 g/mol. The Morgan fingerprint density at radius 2 is 1.74 bits per heavy atom. The summed E-state index contributed by atoms with van der Waals surface area (Å²) in [4.78, 5) is 45.3. The van der Waals surface area contributed by atoms with E-state index in [2.05, 4.69) is 4.98 Å². The van der Waals surface area contributed by atoms with Gasteiger partial charge in [0, 0.05) is 0 Å². The van der Waals surface area contributed by atoms with Crippen LogP contribution >= 0.6 is 11.3 Å². The summed E-state index contributed by atoms with van der Waals surface area (Å²) >= 11 is 1.37. The molecule has 3 heterocycles. The normalized spacial score (nSPS) is 15.1. The molecule has 3 aromatic carbocycles. The van der Waals surface area contributed by atoms with E-state index in [-0.39, 0.29) is 16.8 Å². The summed E-state index contributed by atoms with van der Waals surface area (Å²) < 4.78 is 11.7. The number of methoxy groups -OCH3 is 1. The number of benzene rings is 3. The molecule has 1 aliphatic heterocycles. The van der Waals surface area contributed by atoms with Crippen LogP contribution < -0.4 is 10.3 Å². The van der Waals surface area contributed by atoms with Crippen LogP contribution in [0.15, 0.2) is 82.0 Å². The average molecular weight is 468 g/mol. The van der Waals surface area contributed by atoms with Gasteiger partial charge >= 0.3 is 5.97 Å². The maximum atomic E-state index is 13.7. The number of esters is 1. The maximum Gasteiger partial charge on any atom is 0.337 e. The summed E-state index contributed by atoms with van der Waals surface area (Å²) in [6.07, 6.45) is 0. The summed E-state index contributed by atoms with van der Waals surface area (Å²) in [6.45, 7) is 0. The highest BCUT2D eigenvalue weighted by molar-refractivity contribution is 7.22. The number of aromatic nitrogens is 1. The van der Waals surface area contributed by atoms with Crippen molar-refractivity contribution >= 4 is 49.5 Å². The average Bonchev–Trinajstić information content (AvgIpc) is 3.42. The second-order valence-electron chi connectivity index (χ2n) is 7.83. The van der Waals surface area contributed by atoms with Gasteiger partial charge in [-0.2, -0.15) is 0 Å². The summed E-state index contributed by atoms with van der Waals surface area (Å²) in [5.41, 5.74) is 2.13. The minimum absolute atomic E-state index is 0.00463. The van der Waals surface area contributed by atoms with E-state index in [1.165, 1.54) is 23.3 Å². The lowest BCUT2D eigenvalue weighted by molar-refractivity contribution is 0.0600. The Morgan fingerprint density at radius 3 is 2.50 bits per heavy atom. The molecule has 0 spiro atoms. The van der Waals surface area contributed by atoms with E-state index < -0.39 is 17.9 Å². The fourth-order valence-corrected chi connectivity index (χ4v) is 5.31. The first-order valence-corrected chi connectivity index (χ1v) is 11.3. The fourth-order valence-electron chi connectivity index (χ4n) is 4.31. The predicted octanol–water partition coefficient (Wildman–Crippen LogP) is 4.94. The van der Waals surface area contributed by atoms with Crippen molar-refractivity contribution in [3.05, 3.63) is 105 Å². The van der Waals surface area contributed by atoms with Crippen LogP contribution in [0, 0.1) is 0 Å². The van der Waals surface area contributed by atoms with E-state index in [4.69, 9.17) is 9.15 Å². The van der Waals surface area contributed by atoms with Crippen molar-refractivity contribution in [2.45, 2.75) is 6.04 Å². The van der Waals surface area contributed by atoms with Crippen LogP contribution in [0.5, 0.6) is 0 Å².